The molecule has 0 rings (SSSR count). The van der Waals surface area contributed by atoms with E-state index in [1.54, 1.807) is 0 Å². The Hall–Kier alpha value is -0.120. The summed E-state index contributed by atoms with van der Waals surface area (Å²) in [6, 6.07) is 0. The fourth-order valence-corrected chi connectivity index (χ4v) is 1.75. The van der Waals surface area contributed by atoms with E-state index >= 15 is 0 Å². The lowest BCUT2D eigenvalue weighted by molar-refractivity contribution is -0.0853. The van der Waals surface area contributed by atoms with E-state index < -0.39 is 5.60 Å². The fourth-order valence-electron chi connectivity index (χ4n) is 1.75. The van der Waals surface area contributed by atoms with Crippen LogP contribution < -0.4 is 0 Å². The van der Waals surface area contributed by atoms with Crippen molar-refractivity contribution in [3.63, 3.8) is 0 Å². The summed E-state index contributed by atoms with van der Waals surface area (Å²) in [5, 5.41) is 18.9. The largest absolute Gasteiger partial charge is 0.396 e. The molecule has 0 fully saturated rings. The van der Waals surface area contributed by atoms with E-state index in [9.17, 15) is 5.11 Å². The minimum Gasteiger partial charge on any atom is -0.396 e. The van der Waals surface area contributed by atoms with Crippen LogP contribution in [0.1, 0.15) is 59.8 Å². The third kappa shape index (κ3) is 5.28. The van der Waals surface area contributed by atoms with Gasteiger partial charge in [-0.1, -0.05) is 20.8 Å². The molecule has 0 aromatic rings. The Kier molecular flexibility index (Phi) is 7.20. The van der Waals surface area contributed by atoms with Crippen molar-refractivity contribution in [3.8, 4) is 0 Å². The summed E-state index contributed by atoms with van der Waals surface area (Å²) in [5.41, 5.74) is -0.842. The maximum Gasteiger partial charge on any atom is 0.0699 e. The smallest absolute Gasteiger partial charge is 0.0699 e. The summed E-state index contributed by atoms with van der Waals surface area (Å²) in [5.74, 6) is 0. The van der Waals surface area contributed by atoms with Gasteiger partial charge in [-0.25, -0.2) is 0 Å². The van der Waals surface area contributed by atoms with Crippen LogP contribution in [0.5, 0.6) is 0 Å². The number of ether oxygens (including phenoxy) is 1. The Morgan fingerprint density at radius 3 is 1.94 bits per heavy atom. The minimum atomic E-state index is -0.633. The van der Waals surface area contributed by atoms with Crippen molar-refractivity contribution in [1.82, 2.24) is 0 Å². The zero-order valence-corrected chi connectivity index (χ0v) is 11.3. The van der Waals surface area contributed by atoms with Crippen LogP contribution in [0, 0.1) is 0 Å². The molecule has 0 amide bonds. The molecular formula is C13H28O3. The van der Waals surface area contributed by atoms with E-state index in [2.05, 4.69) is 13.8 Å². The molecule has 0 aliphatic carbocycles. The number of hydrogen-bond donors (Lipinski definition) is 2. The lowest BCUT2D eigenvalue weighted by Gasteiger charge is -2.33. The highest BCUT2D eigenvalue weighted by atomic mass is 16.5. The molecule has 0 saturated carbocycles. The van der Waals surface area contributed by atoms with Crippen LogP contribution in [-0.4, -0.2) is 34.6 Å². The fraction of sp³-hybridized carbons (Fsp3) is 1.00. The average molecular weight is 232 g/mol. The molecule has 1 atom stereocenters. The van der Waals surface area contributed by atoms with Crippen LogP contribution in [0.25, 0.3) is 0 Å². The summed E-state index contributed by atoms with van der Waals surface area (Å²) in [4.78, 5) is 0. The average Bonchev–Trinajstić information content (AvgIpc) is 2.28. The van der Waals surface area contributed by atoms with Crippen molar-refractivity contribution >= 4 is 0 Å². The standard InChI is InChI=1S/C13H28O3/c1-5-12(4,15)9-11-16-13(6-2,7-3)8-10-14/h14-15H,5-11H2,1-4H3. The van der Waals surface area contributed by atoms with Gasteiger partial charge in [0.05, 0.1) is 17.8 Å². The van der Waals surface area contributed by atoms with Gasteiger partial charge in [-0.15, -0.1) is 0 Å². The van der Waals surface area contributed by atoms with Crippen LogP contribution in [0.15, 0.2) is 0 Å². The van der Waals surface area contributed by atoms with Crippen molar-refractivity contribution in [2.45, 2.75) is 71.0 Å². The van der Waals surface area contributed by atoms with E-state index in [1.165, 1.54) is 0 Å². The molecular weight excluding hydrogens is 204 g/mol. The molecule has 0 aromatic heterocycles. The third-order valence-electron chi connectivity index (χ3n) is 3.67. The SMILES string of the molecule is CCC(C)(O)CCOC(CC)(CC)CCO. The Balaban J connectivity index is 4.12. The number of aliphatic hydroxyl groups is 2. The number of hydrogen-bond acceptors (Lipinski definition) is 3. The number of aliphatic hydroxyl groups excluding tert-OH is 1. The highest BCUT2D eigenvalue weighted by molar-refractivity contribution is 4.78. The van der Waals surface area contributed by atoms with Crippen LogP contribution in [0.4, 0.5) is 0 Å². The second-order valence-electron chi connectivity index (χ2n) is 4.81. The summed E-state index contributed by atoms with van der Waals surface area (Å²) in [6.45, 7) is 8.69. The zero-order valence-electron chi connectivity index (χ0n) is 11.3. The van der Waals surface area contributed by atoms with Gasteiger partial charge in [-0.3, -0.25) is 0 Å². The minimum absolute atomic E-state index is 0.159. The maximum absolute atomic E-state index is 9.87. The topological polar surface area (TPSA) is 49.7 Å². The second kappa shape index (κ2) is 7.25. The predicted octanol–water partition coefficient (Wildman–Crippen LogP) is 2.50. The Bertz CT molecular complexity index is 174. The van der Waals surface area contributed by atoms with E-state index in [-0.39, 0.29) is 12.2 Å². The van der Waals surface area contributed by atoms with Crippen LogP contribution in [-0.2, 0) is 4.74 Å². The summed E-state index contributed by atoms with van der Waals surface area (Å²) in [6.07, 6.45) is 3.86. The molecule has 0 aliphatic heterocycles. The molecule has 0 bridgehead atoms. The molecule has 0 radical (unpaired) electrons. The lowest BCUT2D eigenvalue weighted by atomic mass is 9.93. The highest BCUT2D eigenvalue weighted by Crippen LogP contribution is 2.26. The van der Waals surface area contributed by atoms with Gasteiger partial charge >= 0.3 is 0 Å². The summed E-state index contributed by atoms with van der Waals surface area (Å²) in [7, 11) is 0. The molecule has 0 aliphatic rings. The third-order valence-corrected chi connectivity index (χ3v) is 3.67. The van der Waals surface area contributed by atoms with Gasteiger partial charge in [0.1, 0.15) is 0 Å². The van der Waals surface area contributed by atoms with Crippen LogP contribution in [0.3, 0.4) is 0 Å². The Morgan fingerprint density at radius 1 is 1.00 bits per heavy atom. The molecule has 98 valence electrons. The van der Waals surface area contributed by atoms with E-state index in [1.807, 2.05) is 13.8 Å². The summed E-state index contributed by atoms with van der Waals surface area (Å²) < 4.78 is 5.89. The van der Waals surface area contributed by atoms with Crippen LogP contribution in [0.2, 0.25) is 0 Å². The molecule has 3 heteroatoms. The highest BCUT2D eigenvalue weighted by Gasteiger charge is 2.27. The molecule has 16 heavy (non-hydrogen) atoms. The Morgan fingerprint density at radius 2 is 1.56 bits per heavy atom. The van der Waals surface area contributed by atoms with Crippen molar-refractivity contribution in [3.05, 3.63) is 0 Å². The lowest BCUT2D eigenvalue weighted by Crippen LogP contribution is -2.35. The predicted molar refractivity (Wildman–Crippen MR) is 66.5 cm³/mol. The van der Waals surface area contributed by atoms with E-state index in [0.29, 0.717) is 19.4 Å². The Labute approximate surface area is 99.8 Å². The van der Waals surface area contributed by atoms with Gasteiger partial charge in [0, 0.05) is 6.61 Å². The van der Waals surface area contributed by atoms with Gasteiger partial charge < -0.3 is 14.9 Å². The first kappa shape index (κ1) is 15.9. The second-order valence-corrected chi connectivity index (χ2v) is 4.81. The van der Waals surface area contributed by atoms with E-state index in [0.717, 1.165) is 19.3 Å². The molecule has 0 aromatic carbocycles. The van der Waals surface area contributed by atoms with Gasteiger partial charge in [-0.2, -0.15) is 0 Å². The quantitative estimate of drug-likeness (QED) is 0.642. The number of rotatable bonds is 9. The first-order valence-corrected chi connectivity index (χ1v) is 6.42. The maximum atomic E-state index is 9.87. The van der Waals surface area contributed by atoms with Crippen molar-refractivity contribution in [2.75, 3.05) is 13.2 Å². The molecule has 0 spiro atoms. The van der Waals surface area contributed by atoms with Gasteiger partial charge in [0.15, 0.2) is 0 Å². The van der Waals surface area contributed by atoms with Crippen LogP contribution >= 0.6 is 0 Å². The van der Waals surface area contributed by atoms with Crippen molar-refractivity contribution in [2.24, 2.45) is 0 Å². The zero-order chi connectivity index (χ0) is 12.7. The molecule has 3 nitrogen and oxygen atoms in total. The first-order chi connectivity index (χ1) is 7.45. The van der Waals surface area contributed by atoms with Crippen molar-refractivity contribution < 1.29 is 14.9 Å². The van der Waals surface area contributed by atoms with Crippen molar-refractivity contribution in [1.29, 1.82) is 0 Å². The molecule has 0 saturated heterocycles. The summed E-state index contributed by atoms with van der Waals surface area (Å²) >= 11 is 0. The van der Waals surface area contributed by atoms with Gasteiger partial charge in [-0.05, 0) is 39.0 Å². The normalized spacial score (nSPS) is 16.1. The van der Waals surface area contributed by atoms with Gasteiger partial charge in [0.2, 0.25) is 0 Å². The monoisotopic (exact) mass is 232 g/mol. The molecule has 0 heterocycles. The first-order valence-electron chi connectivity index (χ1n) is 6.42. The van der Waals surface area contributed by atoms with E-state index in [4.69, 9.17) is 9.84 Å². The van der Waals surface area contributed by atoms with Gasteiger partial charge in [0.25, 0.3) is 0 Å². The molecule has 1 unspecified atom stereocenters. The molecule has 2 N–H and O–H groups in total.